The van der Waals surface area contributed by atoms with Crippen molar-refractivity contribution >= 4 is 52.5 Å². The van der Waals surface area contributed by atoms with E-state index in [0.29, 0.717) is 16.3 Å². The number of phenolic OH excluding ortho intramolecular Hbond substituents is 1. The molecule has 0 saturated carbocycles. The molecule has 1 aliphatic heterocycles. The number of halogens is 1. The van der Waals surface area contributed by atoms with E-state index in [2.05, 4.69) is 5.32 Å². The first-order valence-corrected chi connectivity index (χ1v) is 7.71. The Morgan fingerprint density at radius 1 is 1.08 bits per heavy atom. The zero-order valence-corrected chi connectivity index (χ0v) is 13.8. The zero-order valence-electron chi connectivity index (χ0n) is 12.2. The molecule has 1 aliphatic rings. The molecule has 0 aliphatic carbocycles. The highest BCUT2D eigenvalue weighted by Gasteiger charge is 2.34. The number of carbonyl (C=O) groups excluding carboxylic acids is 2. The van der Waals surface area contributed by atoms with Gasteiger partial charge in [-0.05, 0) is 48.6 Å². The van der Waals surface area contributed by atoms with Gasteiger partial charge in [0.2, 0.25) is 0 Å². The Balaban J connectivity index is 2.03. The van der Waals surface area contributed by atoms with Crippen molar-refractivity contribution < 1.29 is 14.7 Å². The molecule has 0 unspecified atom stereocenters. The van der Waals surface area contributed by atoms with Crippen molar-refractivity contribution in [3.8, 4) is 5.75 Å². The molecule has 2 N–H and O–H groups in total. The molecule has 3 rings (SSSR count). The minimum Gasteiger partial charge on any atom is -0.507 e. The van der Waals surface area contributed by atoms with Crippen LogP contribution in [0.2, 0.25) is 5.02 Å². The summed E-state index contributed by atoms with van der Waals surface area (Å²) in [7, 11) is 0. The van der Waals surface area contributed by atoms with Gasteiger partial charge in [-0.25, -0.2) is 0 Å². The number of rotatable bonds is 2. The Hall–Kier alpha value is -2.70. The molecule has 2 aromatic rings. The molecule has 24 heavy (non-hydrogen) atoms. The maximum Gasteiger partial charge on any atom is 0.270 e. The van der Waals surface area contributed by atoms with Crippen LogP contribution in [-0.4, -0.2) is 22.0 Å². The quantitative estimate of drug-likeness (QED) is 0.492. The van der Waals surface area contributed by atoms with Crippen LogP contribution in [0.25, 0.3) is 6.08 Å². The normalized spacial score (nSPS) is 16.5. The minimum atomic E-state index is -0.613. The number of hydrogen-bond donors (Lipinski definition) is 2. The van der Waals surface area contributed by atoms with Crippen LogP contribution in [0.15, 0.2) is 54.1 Å². The fourth-order valence-corrected chi connectivity index (χ4v) is 2.65. The van der Waals surface area contributed by atoms with Gasteiger partial charge in [-0.15, -0.1) is 0 Å². The average molecular weight is 359 g/mol. The van der Waals surface area contributed by atoms with Gasteiger partial charge in [0, 0.05) is 10.6 Å². The van der Waals surface area contributed by atoms with Crippen molar-refractivity contribution in [1.82, 2.24) is 5.32 Å². The molecule has 1 heterocycles. The van der Waals surface area contributed by atoms with Crippen molar-refractivity contribution in [2.75, 3.05) is 4.90 Å². The van der Waals surface area contributed by atoms with E-state index in [4.69, 9.17) is 23.8 Å². The Morgan fingerprint density at radius 2 is 1.75 bits per heavy atom. The average Bonchev–Trinajstić information content (AvgIpc) is 2.54. The first-order valence-electron chi connectivity index (χ1n) is 6.92. The fraction of sp³-hybridized carbons (Fsp3) is 0. The third-order valence-corrected chi connectivity index (χ3v) is 3.96. The van der Waals surface area contributed by atoms with Crippen LogP contribution < -0.4 is 10.2 Å². The molecular formula is C17H11ClN2O3S. The van der Waals surface area contributed by atoms with Gasteiger partial charge in [0.15, 0.2) is 5.11 Å². The van der Waals surface area contributed by atoms with Gasteiger partial charge in [-0.2, -0.15) is 0 Å². The topological polar surface area (TPSA) is 69.6 Å². The molecule has 1 saturated heterocycles. The van der Waals surface area contributed by atoms with Crippen molar-refractivity contribution in [2.24, 2.45) is 0 Å². The smallest absolute Gasteiger partial charge is 0.270 e. The van der Waals surface area contributed by atoms with Gasteiger partial charge in [0.05, 0.1) is 5.69 Å². The SMILES string of the molecule is O=C1NC(=S)N(c2ccc(Cl)cc2)C(=O)/C1=C/c1ccccc1O. The number of anilines is 1. The first kappa shape index (κ1) is 16.2. The number of hydrogen-bond acceptors (Lipinski definition) is 4. The van der Waals surface area contributed by atoms with Crippen LogP contribution in [0.3, 0.4) is 0 Å². The number of nitrogens with zero attached hydrogens (tertiary/aromatic N) is 1. The minimum absolute atomic E-state index is 0.0123. The highest BCUT2D eigenvalue weighted by Crippen LogP contribution is 2.25. The summed E-state index contributed by atoms with van der Waals surface area (Å²) in [6.07, 6.45) is 1.33. The monoisotopic (exact) mass is 358 g/mol. The Kier molecular flexibility index (Phi) is 4.33. The standard InChI is InChI=1S/C17H11ClN2O3S/c18-11-5-7-12(8-6-11)20-16(23)13(15(22)19-17(20)24)9-10-3-1-2-4-14(10)21/h1-9,21H,(H,19,22,24)/b13-9+. The van der Waals surface area contributed by atoms with Gasteiger partial charge in [-0.3, -0.25) is 19.8 Å². The highest BCUT2D eigenvalue weighted by molar-refractivity contribution is 7.80. The van der Waals surface area contributed by atoms with Gasteiger partial charge >= 0.3 is 0 Å². The number of aromatic hydroxyl groups is 1. The second-order valence-corrected chi connectivity index (χ2v) is 5.82. The summed E-state index contributed by atoms with van der Waals surface area (Å²) in [5, 5.41) is 12.8. The first-order chi connectivity index (χ1) is 11.5. The molecule has 0 radical (unpaired) electrons. The highest BCUT2D eigenvalue weighted by atomic mass is 35.5. The number of thiocarbonyl (C=S) groups is 1. The van der Waals surface area contributed by atoms with E-state index in [1.54, 1.807) is 42.5 Å². The maximum absolute atomic E-state index is 12.7. The molecule has 5 nitrogen and oxygen atoms in total. The maximum atomic E-state index is 12.7. The summed E-state index contributed by atoms with van der Waals surface area (Å²) in [4.78, 5) is 26.1. The van der Waals surface area contributed by atoms with Gasteiger partial charge in [-0.1, -0.05) is 29.8 Å². The number of phenols is 1. The molecule has 120 valence electrons. The second-order valence-electron chi connectivity index (χ2n) is 4.99. The molecule has 0 aromatic heterocycles. The molecule has 2 aromatic carbocycles. The fourth-order valence-electron chi connectivity index (χ4n) is 2.25. The molecule has 0 bridgehead atoms. The van der Waals surface area contributed by atoms with Crippen LogP contribution in [0.5, 0.6) is 5.75 Å². The third kappa shape index (κ3) is 3.02. The molecule has 0 atom stereocenters. The van der Waals surface area contributed by atoms with Crippen molar-refractivity contribution in [1.29, 1.82) is 0 Å². The van der Waals surface area contributed by atoms with Crippen molar-refractivity contribution in [3.63, 3.8) is 0 Å². The summed E-state index contributed by atoms with van der Waals surface area (Å²) >= 11 is 11.0. The molecule has 0 spiro atoms. The van der Waals surface area contributed by atoms with E-state index in [1.165, 1.54) is 17.0 Å². The lowest BCUT2D eigenvalue weighted by Gasteiger charge is -2.29. The lowest BCUT2D eigenvalue weighted by Crippen LogP contribution is -2.54. The summed E-state index contributed by atoms with van der Waals surface area (Å²) in [5.74, 6) is -1.22. The summed E-state index contributed by atoms with van der Waals surface area (Å²) in [5.41, 5.74) is 0.720. The lowest BCUT2D eigenvalue weighted by atomic mass is 10.1. The Bertz CT molecular complexity index is 878. The number of amides is 2. The molecule has 7 heteroatoms. The number of nitrogens with one attached hydrogen (secondary N) is 1. The Morgan fingerprint density at radius 3 is 2.42 bits per heavy atom. The van der Waals surface area contributed by atoms with Gasteiger partial charge in [0.1, 0.15) is 11.3 Å². The summed E-state index contributed by atoms with van der Waals surface area (Å²) < 4.78 is 0. The zero-order chi connectivity index (χ0) is 17.3. The van der Waals surface area contributed by atoms with E-state index in [0.717, 1.165) is 0 Å². The summed E-state index contributed by atoms with van der Waals surface area (Å²) in [6.45, 7) is 0. The van der Waals surface area contributed by atoms with Crippen LogP contribution in [-0.2, 0) is 9.59 Å². The lowest BCUT2D eigenvalue weighted by molar-refractivity contribution is -0.122. The summed E-state index contributed by atoms with van der Waals surface area (Å²) in [6, 6.07) is 12.9. The number of carbonyl (C=O) groups is 2. The number of para-hydroxylation sites is 1. The van der Waals surface area contributed by atoms with E-state index in [-0.39, 0.29) is 16.4 Å². The van der Waals surface area contributed by atoms with Crippen LogP contribution in [0.4, 0.5) is 5.69 Å². The van der Waals surface area contributed by atoms with Crippen molar-refractivity contribution in [3.05, 3.63) is 64.7 Å². The third-order valence-electron chi connectivity index (χ3n) is 3.42. The predicted molar refractivity (Wildman–Crippen MR) is 95.8 cm³/mol. The number of benzene rings is 2. The van der Waals surface area contributed by atoms with Crippen LogP contribution in [0.1, 0.15) is 5.56 Å². The van der Waals surface area contributed by atoms with Gasteiger partial charge in [0.25, 0.3) is 11.8 Å². The van der Waals surface area contributed by atoms with E-state index < -0.39 is 11.8 Å². The molecular weight excluding hydrogens is 348 g/mol. The van der Waals surface area contributed by atoms with E-state index in [1.807, 2.05) is 0 Å². The largest absolute Gasteiger partial charge is 0.507 e. The molecule has 2 amide bonds. The molecule has 1 fully saturated rings. The van der Waals surface area contributed by atoms with E-state index >= 15 is 0 Å². The van der Waals surface area contributed by atoms with Crippen LogP contribution >= 0.6 is 23.8 Å². The predicted octanol–water partition coefficient (Wildman–Crippen LogP) is 2.88. The van der Waals surface area contributed by atoms with Crippen molar-refractivity contribution in [2.45, 2.75) is 0 Å². The van der Waals surface area contributed by atoms with E-state index in [9.17, 15) is 14.7 Å². The van der Waals surface area contributed by atoms with Gasteiger partial charge < -0.3 is 5.11 Å². The second kappa shape index (κ2) is 6.43. The van der Waals surface area contributed by atoms with Crippen LogP contribution in [0, 0.1) is 0 Å². The Labute approximate surface area is 148 Å².